The summed E-state index contributed by atoms with van der Waals surface area (Å²) in [5.41, 5.74) is 2.13. The monoisotopic (exact) mass is 263 g/mol. The summed E-state index contributed by atoms with van der Waals surface area (Å²) in [5, 5.41) is 2.68. The quantitative estimate of drug-likeness (QED) is 0.881. The molecule has 0 saturated heterocycles. The zero-order chi connectivity index (χ0) is 10.6. The normalized spacial score (nSPS) is 10.9. The fourth-order valence-corrected chi connectivity index (χ4v) is 1.39. The van der Waals surface area contributed by atoms with E-state index in [0.29, 0.717) is 6.54 Å². The Labute approximate surface area is 90.6 Å². The van der Waals surface area contributed by atoms with E-state index in [1.54, 1.807) is 0 Å². The molecular weight excluding hydrogens is 252 g/mol. The van der Waals surface area contributed by atoms with Crippen molar-refractivity contribution in [1.82, 2.24) is 5.32 Å². The summed E-state index contributed by atoms with van der Waals surface area (Å²) >= 11 is 3.38. The van der Waals surface area contributed by atoms with Gasteiger partial charge in [-0.3, -0.25) is 0 Å². The third-order valence-electron chi connectivity index (χ3n) is 1.85. The van der Waals surface area contributed by atoms with Gasteiger partial charge in [-0.25, -0.2) is 8.78 Å². The van der Waals surface area contributed by atoms with E-state index in [0.717, 1.165) is 15.6 Å². The molecule has 0 aliphatic carbocycles. The minimum atomic E-state index is -2.29. The van der Waals surface area contributed by atoms with E-state index in [4.69, 9.17) is 0 Å². The topological polar surface area (TPSA) is 12.0 Å². The third kappa shape index (κ3) is 3.72. The molecule has 0 aliphatic rings. The molecule has 0 amide bonds. The first-order chi connectivity index (χ1) is 6.59. The molecule has 0 fully saturated rings. The van der Waals surface area contributed by atoms with Crippen LogP contribution in [0.3, 0.4) is 0 Å². The molecule has 1 rings (SSSR count). The Balaban J connectivity index is 2.47. The molecule has 0 atom stereocenters. The molecule has 0 aromatic heterocycles. The first kappa shape index (κ1) is 11.6. The van der Waals surface area contributed by atoms with Crippen LogP contribution in [-0.4, -0.2) is 13.0 Å². The summed E-state index contributed by atoms with van der Waals surface area (Å²) in [6, 6.07) is 5.81. The standard InChI is InChI=1S/C10H12BrF2N/c1-7-4-8(2-3-9(7)11)5-14-6-10(12)13/h2-4,10,14H,5-6H2,1H3. The van der Waals surface area contributed by atoms with Crippen molar-refractivity contribution in [2.24, 2.45) is 0 Å². The zero-order valence-corrected chi connectivity index (χ0v) is 9.44. The van der Waals surface area contributed by atoms with Gasteiger partial charge in [-0.2, -0.15) is 0 Å². The second kappa shape index (κ2) is 5.41. The van der Waals surface area contributed by atoms with Crippen LogP contribution < -0.4 is 5.32 Å². The Bertz CT molecular complexity index is 302. The van der Waals surface area contributed by atoms with Crippen molar-refractivity contribution in [3.8, 4) is 0 Å². The maximum atomic E-state index is 11.8. The molecule has 0 unspecified atom stereocenters. The van der Waals surface area contributed by atoms with Crippen LogP contribution in [0.25, 0.3) is 0 Å². The first-order valence-electron chi connectivity index (χ1n) is 4.33. The maximum Gasteiger partial charge on any atom is 0.250 e. The van der Waals surface area contributed by atoms with E-state index in [-0.39, 0.29) is 6.54 Å². The van der Waals surface area contributed by atoms with Gasteiger partial charge >= 0.3 is 0 Å². The van der Waals surface area contributed by atoms with Crippen molar-refractivity contribution in [1.29, 1.82) is 0 Å². The van der Waals surface area contributed by atoms with Crippen LogP contribution in [0.5, 0.6) is 0 Å². The number of rotatable bonds is 4. The van der Waals surface area contributed by atoms with Gasteiger partial charge in [0, 0.05) is 11.0 Å². The van der Waals surface area contributed by atoms with Crippen molar-refractivity contribution >= 4 is 15.9 Å². The van der Waals surface area contributed by atoms with E-state index in [2.05, 4.69) is 21.2 Å². The minimum absolute atomic E-state index is 0.255. The van der Waals surface area contributed by atoms with Gasteiger partial charge in [0.15, 0.2) is 0 Å². The van der Waals surface area contributed by atoms with Crippen molar-refractivity contribution in [3.63, 3.8) is 0 Å². The van der Waals surface area contributed by atoms with Gasteiger partial charge in [0.05, 0.1) is 6.54 Å². The van der Waals surface area contributed by atoms with Crippen LogP contribution in [0, 0.1) is 6.92 Å². The lowest BCUT2D eigenvalue weighted by atomic mass is 10.1. The highest BCUT2D eigenvalue weighted by molar-refractivity contribution is 9.10. The largest absolute Gasteiger partial charge is 0.307 e. The van der Waals surface area contributed by atoms with Gasteiger partial charge < -0.3 is 5.32 Å². The SMILES string of the molecule is Cc1cc(CNCC(F)F)ccc1Br. The summed E-state index contributed by atoms with van der Waals surface area (Å²) in [5.74, 6) is 0. The van der Waals surface area contributed by atoms with Crippen molar-refractivity contribution < 1.29 is 8.78 Å². The summed E-state index contributed by atoms with van der Waals surface area (Å²) in [6.07, 6.45) is -2.29. The zero-order valence-electron chi connectivity index (χ0n) is 7.86. The predicted molar refractivity (Wildman–Crippen MR) is 56.6 cm³/mol. The van der Waals surface area contributed by atoms with Crippen LogP contribution >= 0.6 is 15.9 Å². The van der Waals surface area contributed by atoms with Gasteiger partial charge in [-0.15, -0.1) is 0 Å². The van der Waals surface area contributed by atoms with E-state index in [9.17, 15) is 8.78 Å². The average Bonchev–Trinajstić information content (AvgIpc) is 2.10. The molecule has 0 spiro atoms. The number of hydrogen-bond donors (Lipinski definition) is 1. The first-order valence-corrected chi connectivity index (χ1v) is 5.13. The van der Waals surface area contributed by atoms with Crippen LogP contribution in [-0.2, 0) is 6.54 Å². The van der Waals surface area contributed by atoms with Crippen LogP contribution in [0.4, 0.5) is 8.78 Å². The molecular formula is C10H12BrF2N. The Kier molecular flexibility index (Phi) is 4.48. The smallest absolute Gasteiger partial charge is 0.250 e. The molecule has 1 aromatic rings. The lowest BCUT2D eigenvalue weighted by molar-refractivity contribution is 0.145. The molecule has 0 saturated carbocycles. The van der Waals surface area contributed by atoms with E-state index in [1.807, 2.05) is 25.1 Å². The minimum Gasteiger partial charge on any atom is -0.307 e. The highest BCUT2D eigenvalue weighted by atomic mass is 79.9. The number of benzene rings is 1. The highest BCUT2D eigenvalue weighted by Gasteiger charge is 2.01. The van der Waals surface area contributed by atoms with Crippen LogP contribution in [0.1, 0.15) is 11.1 Å². The van der Waals surface area contributed by atoms with Crippen molar-refractivity contribution in [2.75, 3.05) is 6.54 Å². The molecule has 4 heteroatoms. The van der Waals surface area contributed by atoms with Crippen LogP contribution in [0.15, 0.2) is 22.7 Å². The predicted octanol–water partition coefficient (Wildman–Crippen LogP) is 3.11. The summed E-state index contributed by atoms with van der Waals surface area (Å²) in [4.78, 5) is 0. The molecule has 0 heterocycles. The Morgan fingerprint density at radius 1 is 1.43 bits per heavy atom. The molecule has 1 N–H and O–H groups in total. The summed E-state index contributed by atoms with van der Waals surface area (Å²) in [6.45, 7) is 2.20. The second-order valence-electron chi connectivity index (χ2n) is 3.11. The Morgan fingerprint density at radius 3 is 2.71 bits per heavy atom. The number of halogens is 3. The molecule has 78 valence electrons. The lowest BCUT2D eigenvalue weighted by Gasteiger charge is -2.05. The number of hydrogen-bond acceptors (Lipinski definition) is 1. The molecule has 14 heavy (non-hydrogen) atoms. The van der Waals surface area contributed by atoms with E-state index >= 15 is 0 Å². The maximum absolute atomic E-state index is 11.8. The van der Waals surface area contributed by atoms with Crippen molar-refractivity contribution in [2.45, 2.75) is 19.9 Å². The van der Waals surface area contributed by atoms with Crippen molar-refractivity contribution in [3.05, 3.63) is 33.8 Å². The molecule has 1 nitrogen and oxygen atoms in total. The fourth-order valence-electron chi connectivity index (χ4n) is 1.14. The summed E-state index contributed by atoms with van der Waals surface area (Å²) < 4.78 is 24.7. The number of aryl methyl sites for hydroxylation is 1. The second-order valence-corrected chi connectivity index (χ2v) is 3.96. The lowest BCUT2D eigenvalue weighted by Crippen LogP contribution is -2.20. The Hall–Kier alpha value is -0.480. The van der Waals surface area contributed by atoms with Gasteiger partial charge in [0.25, 0.3) is 6.43 Å². The van der Waals surface area contributed by atoms with E-state index < -0.39 is 6.43 Å². The molecule has 1 aromatic carbocycles. The van der Waals surface area contributed by atoms with E-state index in [1.165, 1.54) is 0 Å². The van der Waals surface area contributed by atoms with Gasteiger partial charge in [0.2, 0.25) is 0 Å². The average molecular weight is 264 g/mol. The Morgan fingerprint density at radius 2 is 2.14 bits per heavy atom. The fraction of sp³-hybridized carbons (Fsp3) is 0.400. The number of nitrogens with one attached hydrogen (secondary N) is 1. The van der Waals surface area contributed by atoms with Gasteiger partial charge in [0.1, 0.15) is 0 Å². The van der Waals surface area contributed by atoms with Crippen LogP contribution in [0.2, 0.25) is 0 Å². The number of alkyl halides is 2. The highest BCUT2D eigenvalue weighted by Crippen LogP contribution is 2.16. The molecule has 0 bridgehead atoms. The molecule has 0 aliphatic heterocycles. The summed E-state index contributed by atoms with van der Waals surface area (Å²) in [7, 11) is 0. The third-order valence-corrected chi connectivity index (χ3v) is 2.74. The molecule has 0 radical (unpaired) electrons. The van der Waals surface area contributed by atoms with Gasteiger partial charge in [-0.05, 0) is 24.1 Å². The van der Waals surface area contributed by atoms with Gasteiger partial charge in [-0.1, -0.05) is 28.1 Å².